The number of anilines is 3. The number of nitrogen functional groups attached to an aromatic ring is 1. The van der Waals surface area contributed by atoms with Crippen LogP contribution in [0.25, 0.3) is 0 Å². The molecule has 2 amide bonds. The lowest BCUT2D eigenvalue weighted by molar-refractivity contribution is -0.385. The second kappa shape index (κ2) is 19.0. The van der Waals surface area contributed by atoms with Crippen molar-refractivity contribution in [2.45, 2.75) is 40.0 Å². The Balaban J connectivity index is 0.000000244. The molecule has 0 bridgehead atoms. The lowest BCUT2D eigenvalue weighted by atomic mass is 10.1. The summed E-state index contributed by atoms with van der Waals surface area (Å²) in [5, 5.41) is 23.4. The van der Waals surface area contributed by atoms with Crippen molar-refractivity contribution in [2.24, 2.45) is 0 Å². The first-order valence-corrected chi connectivity index (χ1v) is 16.5. The molecular formula is C34H43BrN6O9. The van der Waals surface area contributed by atoms with E-state index in [1.54, 1.807) is 19.1 Å². The molecule has 3 N–H and O–H groups in total. The highest BCUT2D eigenvalue weighted by molar-refractivity contribution is 9.10. The third kappa shape index (κ3) is 11.6. The van der Waals surface area contributed by atoms with Gasteiger partial charge in [0.15, 0.2) is 5.88 Å². The van der Waals surface area contributed by atoms with E-state index in [9.17, 15) is 29.8 Å². The van der Waals surface area contributed by atoms with Crippen LogP contribution in [0.3, 0.4) is 0 Å². The Kier molecular flexibility index (Phi) is 14.8. The number of nitrogens with zero attached hydrogens (tertiary/aromatic N) is 4. The molecule has 0 radical (unpaired) electrons. The number of hydrogen-bond acceptors (Lipinski definition) is 11. The van der Waals surface area contributed by atoms with Crippen LogP contribution in [0.15, 0.2) is 71.5 Å². The quantitative estimate of drug-likeness (QED) is 0.152. The van der Waals surface area contributed by atoms with Gasteiger partial charge >= 0.3 is 12.2 Å². The van der Waals surface area contributed by atoms with E-state index in [2.05, 4.69) is 37.5 Å². The van der Waals surface area contributed by atoms with Crippen molar-refractivity contribution in [3.63, 3.8) is 0 Å². The number of nitrogens with one attached hydrogen (secondary N) is 1. The first-order valence-electron chi connectivity index (χ1n) is 15.7. The van der Waals surface area contributed by atoms with Crippen LogP contribution in [0.1, 0.15) is 37.4 Å². The number of hydrogen-bond donors (Lipinski definition) is 2. The zero-order chi connectivity index (χ0) is 36.8. The highest BCUT2D eigenvalue weighted by Gasteiger charge is 2.23. The minimum atomic E-state index is -0.453. The lowest BCUT2D eigenvalue weighted by Crippen LogP contribution is -2.38. The van der Waals surface area contributed by atoms with Crippen molar-refractivity contribution in [3.05, 3.63) is 108 Å². The van der Waals surface area contributed by atoms with Crippen molar-refractivity contribution in [1.82, 2.24) is 5.32 Å². The van der Waals surface area contributed by atoms with Gasteiger partial charge in [0.1, 0.15) is 0 Å². The van der Waals surface area contributed by atoms with Gasteiger partial charge in [-0.15, -0.1) is 0 Å². The number of carbonyl (C=O) groups excluding carboxylic acids is 2. The van der Waals surface area contributed by atoms with E-state index in [1.807, 2.05) is 32.0 Å². The van der Waals surface area contributed by atoms with Gasteiger partial charge in [0, 0.05) is 61.2 Å². The number of ether oxygens (including phenoxy) is 3. The summed E-state index contributed by atoms with van der Waals surface area (Å²) in [4.78, 5) is 45.3. The van der Waals surface area contributed by atoms with Crippen LogP contribution in [0, 0.1) is 41.0 Å². The second-order valence-electron chi connectivity index (χ2n) is 11.2. The number of alkyl carbamates (subject to hydrolysis) is 1. The van der Waals surface area contributed by atoms with Crippen molar-refractivity contribution in [2.75, 3.05) is 55.0 Å². The summed E-state index contributed by atoms with van der Waals surface area (Å²) in [5.74, 6) is 0.731. The summed E-state index contributed by atoms with van der Waals surface area (Å²) in [5.41, 5.74) is 11.2. The number of cyclic esters (lactones) is 2. The molecule has 3 saturated heterocycles. The molecular weight excluding hydrogens is 716 g/mol. The van der Waals surface area contributed by atoms with Crippen LogP contribution >= 0.6 is 15.9 Å². The molecule has 0 unspecified atom stereocenters. The topological polar surface area (TPSA) is 193 Å². The van der Waals surface area contributed by atoms with Crippen LogP contribution in [-0.4, -0.2) is 61.5 Å². The molecule has 50 heavy (non-hydrogen) atoms. The van der Waals surface area contributed by atoms with Crippen LogP contribution in [0.5, 0.6) is 0 Å². The van der Waals surface area contributed by atoms with E-state index in [1.165, 1.54) is 29.2 Å². The highest BCUT2D eigenvalue weighted by Crippen LogP contribution is 2.28. The van der Waals surface area contributed by atoms with Crippen LogP contribution in [0.2, 0.25) is 0 Å². The zero-order valence-electron chi connectivity index (χ0n) is 28.2. The average Bonchev–Trinajstić information content (AvgIpc) is 3.08. The molecule has 3 fully saturated rings. The highest BCUT2D eigenvalue weighted by atomic mass is 79.9. The van der Waals surface area contributed by atoms with Gasteiger partial charge in [-0.3, -0.25) is 25.1 Å². The maximum Gasteiger partial charge on any atom is 0.414 e. The molecule has 0 aromatic heterocycles. The maximum atomic E-state index is 11.5. The Labute approximate surface area is 299 Å². The summed E-state index contributed by atoms with van der Waals surface area (Å²) in [7, 11) is 0. The predicted molar refractivity (Wildman–Crippen MR) is 195 cm³/mol. The first kappa shape index (κ1) is 39.1. The number of carbonyl (C=O) groups is 2. The van der Waals surface area contributed by atoms with E-state index in [0.717, 1.165) is 71.8 Å². The van der Waals surface area contributed by atoms with Gasteiger partial charge < -0.3 is 30.2 Å². The Morgan fingerprint density at radius 3 is 1.82 bits per heavy atom. The fourth-order valence-electron chi connectivity index (χ4n) is 4.90. The van der Waals surface area contributed by atoms with Gasteiger partial charge in [-0.1, -0.05) is 15.9 Å². The smallest absolute Gasteiger partial charge is 0.414 e. The molecule has 0 atom stereocenters. The van der Waals surface area contributed by atoms with E-state index in [0.29, 0.717) is 31.0 Å². The Morgan fingerprint density at radius 1 is 0.780 bits per heavy atom. The van der Waals surface area contributed by atoms with Crippen molar-refractivity contribution in [1.29, 1.82) is 0 Å². The molecule has 3 aromatic carbocycles. The summed E-state index contributed by atoms with van der Waals surface area (Å²) >= 11 is 3.26. The molecule has 0 saturated carbocycles. The number of amides is 2. The monoisotopic (exact) mass is 758 g/mol. The van der Waals surface area contributed by atoms with Gasteiger partial charge in [-0.25, -0.2) is 9.59 Å². The van der Waals surface area contributed by atoms with E-state index < -0.39 is 15.9 Å². The second-order valence-corrected chi connectivity index (χ2v) is 12.1. The molecule has 15 nitrogen and oxygen atoms in total. The fraction of sp³-hybridized carbons (Fsp3) is 0.353. The first-order chi connectivity index (χ1) is 23.8. The summed E-state index contributed by atoms with van der Waals surface area (Å²) in [6.07, 6.45) is 2.05. The molecule has 16 heteroatoms. The van der Waals surface area contributed by atoms with Gasteiger partial charge in [0.2, 0.25) is 0 Å². The van der Waals surface area contributed by atoms with Gasteiger partial charge in [0.05, 0.1) is 35.4 Å². The van der Waals surface area contributed by atoms with Crippen molar-refractivity contribution in [3.8, 4) is 0 Å². The van der Waals surface area contributed by atoms with E-state index in [-0.39, 0.29) is 18.9 Å². The lowest BCUT2D eigenvalue weighted by Gasteiger charge is -2.31. The largest absolute Gasteiger partial charge is 0.479 e. The molecule has 3 heterocycles. The van der Waals surface area contributed by atoms with Crippen molar-refractivity contribution < 1.29 is 35.1 Å². The van der Waals surface area contributed by atoms with E-state index in [4.69, 9.17) is 15.2 Å². The molecule has 6 rings (SSSR count). The number of aryl methyl sites for hydroxylation is 3. The Morgan fingerprint density at radius 2 is 1.32 bits per heavy atom. The van der Waals surface area contributed by atoms with E-state index >= 15 is 0 Å². The SMILES string of the molecule is C=C1OCCCN1c1ccc(N)cc1C.Cc1cc([N+](=O)[O-])ccc1Br.Cc1cc([N+](=O)[O-])ccc1N1CCCOC1=O.O=C1NCCCO1.[HH]. The molecule has 0 aliphatic carbocycles. The summed E-state index contributed by atoms with van der Waals surface area (Å²) in [6.45, 7) is 13.6. The standard InChI is InChI=1S/C12H16N2O.C11H12N2O4.C7H6BrNO2.C4H7NO2.H2/c1-9-8-11(13)4-5-12(9)14-6-3-7-15-10(14)2;1-8-7-9(13(15)16)3-4-10(8)12-5-2-6-17-11(12)14;1-5-4-6(9(10)11)2-3-7(5)8;6-4-5-2-1-3-7-4;/h4-5,8H,2-3,6-7,13H2,1H3;3-4,7H,2,5-6H2,1H3;2-4H,1H3;1-3H2,(H,5,6);1H. The van der Waals surface area contributed by atoms with Crippen molar-refractivity contribution >= 4 is 56.6 Å². The maximum absolute atomic E-state index is 11.5. The zero-order valence-corrected chi connectivity index (χ0v) is 29.8. The third-order valence-electron chi connectivity index (χ3n) is 7.44. The number of halogens is 1. The minimum Gasteiger partial charge on any atom is -0.479 e. The fourth-order valence-corrected chi connectivity index (χ4v) is 5.15. The van der Waals surface area contributed by atoms with Gasteiger partial charge in [0.25, 0.3) is 11.4 Å². The average molecular weight is 760 g/mol. The van der Waals surface area contributed by atoms with Crippen LogP contribution in [0.4, 0.5) is 38.0 Å². The predicted octanol–water partition coefficient (Wildman–Crippen LogP) is 7.55. The molecule has 270 valence electrons. The number of nitro groups is 2. The number of nitrogens with two attached hydrogens (primary N) is 1. The van der Waals surface area contributed by atoms with Crippen LogP contribution < -0.4 is 20.9 Å². The number of rotatable bonds is 4. The Bertz CT molecular complexity index is 1700. The molecule has 3 aliphatic rings. The normalized spacial score (nSPS) is 15.2. The molecule has 3 aromatic rings. The number of nitro benzene ring substituents is 2. The van der Waals surface area contributed by atoms with Gasteiger partial charge in [-0.05, 0) is 93.6 Å². The van der Waals surface area contributed by atoms with Gasteiger partial charge in [-0.2, -0.15) is 0 Å². The molecule has 3 aliphatic heterocycles. The summed E-state index contributed by atoms with van der Waals surface area (Å²) in [6, 6.07) is 15.0. The van der Waals surface area contributed by atoms with Crippen LogP contribution in [-0.2, 0) is 14.2 Å². The summed E-state index contributed by atoms with van der Waals surface area (Å²) < 4.78 is 15.8. The number of non-ortho nitro benzene ring substituents is 2. The Hall–Kier alpha value is -5.38. The third-order valence-corrected chi connectivity index (χ3v) is 8.33. The molecule has 0 spiro atoms. The number of benzene rings is 3. The minimum absolute atomic E-state index is 0.